The Morgan fingerprint density at radius 3 is 2.74 bits per heavy atom. The molecule has 1 aliphatic carbocycles. The summed E-state index contributed by atoms with van der Waals surface area (Å²) in [7, 11) is 3.12. The summed E-state index contributed by atoms with van der Waals surface area (Å²) in [5.41, 5.74) is 2.52. The Hall–Kier alpha value is -1.55. The van der Waals surface area contributed by atoms with Gasteiger partial charge in [0, 0.05) is 12.8 Å². The van der Waals surface area contributed by atoms with Gasteiger partial charge in [0.25, 0.3) is 0 Å². The van der Waals surface area contributed by atoms with Crippen LogP contribution in [0.4, 0.5) is 5.69 Å². The van der Waals surface area contributed by atoms with Crippen LogP contribution in [0, 0.1) is 12.8 Å². The van der Waals surface area contributed by atoms with Crippen LogP contribution < -0.4 is 5.32 Å². The maximum atomic E-state index is 11.7. The molecule has 19 heavy (non-hydrogen) atoms. The molecule has 1 fully saturated rings. The number of nitrogens with one attached hydrogen (secondary N) is 1. The van der Waals surface area contributed by atoms with Crippen molar-refractivity contribution in [3.05, 3.63) is 29.3 Å². The summed E-state index contributed by atoms with van der Waals surface area (Å²) < 4.78 is 10.1. The number of esters is 1. The second-order valence-corrected chi connectivity index (χ2v) is 5.01. The van der Waals surface area contributed by atoms with Crippen LogP contribution >= 0.6 is 0 Å². The van der Waals surface area contributed by atoms with Crippen molar-refractivity contribution in [2.75, 3.05) is 26.1 Å². The molecular weight excluding hydrogens is 242 g/mol. The Morgan fingerprint density at radius 2 is 2.16 bits per heavy atom. The van der Waals surface area contributed by atoms with Gasteiger partial charge in [0.15, 0.2) is 0 Å². The highest BCUT2D eigenvalue weighted by atomic mass is 16.5. The highest BCUT2D eigenvalue weighted by Crippen LogP contribution is 2.35. The first-order valence-corrected chi connectivity index (χ1v) is 6.60. The Kier molecular flexibility index (Phi) is 4.43. The van der Waals surface area contributed by atoms with Gasteiger partial charge < -0.3 is 14.8 Å². The van der Waals surface area contributed by atoms with E-state index < -0.39 is 0 Å². The summed E-state index contributed by atoms with van der Waals surface area (Å²) in [6.07, 6.45) is 2.49. The quantitative estimate of drug-likeness (QED) is 0.801. The van der Waals surface area contributed by atoms with Crippen molar-refractivity contribution in [3.8, 4) is 0 Å². The average Bonchev–Trinajstić information content (AvgIpc) is 3.24. The van der Waals surface area contributed by atoms with Gasteiger partial charge >= 0.3 is 5.97 Å². The number of carbonyl (C=O) groups excluding carboxylic acids is 1. The zero-order chi connectivity index (χ0) is 13.8. The summed E-state index contributed by atoms with van der Waals surface area (Å²) in [5, 5.41) is 3.50. The minimum atomic E-state index is -0.295. The monoisotopic (exact) mass is 263 g/mol. The summed E-state index contributed by atoms with van der Waals surface area (Å²) >= 11 is 0. The molecule has 0 spiro atoms. The molecule has 0 radical (unpaired) electrons. The lowest BCUT2D eigenvalue weighted by atomic mass is 10.1. The van der Waals surface area contributed by atoms with Gasteiger partial charge in [-0.3, -0.25) is 0 Å². The average molecular weight is 263 g/mol. The molecule has 0 saturated heterocycles. The summed E-state index contributed by atoms with van der Waals surface area (Å²) in [6, 6.07) is 5.97. The SMILES string of the molecule is COCC(Nc1cccc(C(=O)OC)c1C)C1CC1. The van der Waals surface area contributed by atoms with Gasteiger partial charge in [-0.05, 0) is 43.4 Å². The van der Waals surface area contributed by atoms with Crippen molar-refractivity contribution in [1.29, 1.82) is 0 Å². The summed E-state index contributed by atoms with van der Waals surface area (Å²) in [5.74, 6) is 0.386. The van der Waals surface area contributed by atoms with Gasteiger partial charge in [-0.15, -0.1) is 0 Å². The van der Waals surface area contributed by atoms with Crippen LogP contribution in [0.5, 0.6) is 0 Å². The van der Waals surface area contributed by atoms with Gasteiger partial charge in [0.2, 0.25) is 0 Å². The fourth-order valence-electron chi connectivity index (χ4n) is 2.30. The van der Waals surface area contributed by atoms with Crippen molar-refractivity contribution < 1.29 is 14.3 Å². The van der Waals surface area contributed by atoms with Crippen molar-refractivity contribution >= 4 is 11.7 Å². The molecule has 4 nitrogen and oxygen atoms in total. The number of methoxy groups -OCH3 is 2. The Balaban J connectivity index is 2.17. The van der Waals surface area contributed by atoms with Crippen molar-refractivity contribution in [3.63, 3.8) is 0 Å². The molecule has 0 heterocycles. The van der Waals surface area contributed by atoms with E-state index in [1.807, 2.05) is 19.1 Å². The van der Waals surface area contributed by atoms with Crippen molar-refractivity contribution in [2.45, 2.75) is 25.8 Å². The van der Waals surface area contributed by atoms with E-state index >= 15 is 0 Å². The van der Waals surface area contributed by atoms with Crippen LogP contribution in [0.15, 0.2) is 18.2 Å². The van der Waals surface area contributed by atoms with E-state index in [2.05, 4.69) is 5.32 Å². The molecule has 4 heteroatoms. The molecule has 1 saturated carbocycles. The fraction of sp³-hybridized carbons (Fsp3) is 0.533. The maximum absolute atomic E-state index is 11.7. The molecular formula is C15H21NO3. The van der Waals surface area contributed by atoms with E-state index in [1.54, 1.807) is 13.2 Å². The highest BCUT2D eigenvalue weighted by Gasteiger charge is 2.31. The van der Waals surface area contributed by atoms with E-state index in [0.29, 0.717) is 24.1 Å². The Labute approximate surface area is 114 Å². The number of hydrogen-bond donors (Lipinski definition) is 1. The van der Waals surface area contributed by atoms with E-state index in [1.165, 1.54) is 20.0 Å². The van der Waals surface area contributed by atoms with Crippen LogP contribution in [0.1, 0.15) is 28.8 Å². The van der Waals surface area contributed by atoms with E-state index in [4.69, 9.17) is 9.47 Å². The number of anilines is 1. The minimum absolute atomic E-state index is 0.295. The molecule has 0 bridgehead atoms. The normalized spacial score (nSPS) is 15.9. The first-order chi connectivity index (χ1) is 9.17. The van der Waals surface area contributed by atoms with Crippen LogP contribution in [0.25, 0.3) is 0 Å². The van der Waals surface area contributed by atoms with Gasteiger partial charge in [0.05, 0.1) is 25.3 Å². The molecule has 1 unspecified atom stereocenters. The lowest BCUT2D eigenvalue weighted by Gasteiger charge is -2.21. The molecule has 1 aliphatic rings. The highest BCUT2D eigenvalue weighted by molar-refractivity contribution is 5.92. The number of hydrogen-bond acceptors (Lipinski definition) is 4. The van der Waals surface area contributed by atoms with Gasteiger partial charge in [-0.2, -0.15) is 0 Å². The third-order valence-electron chi connectivity index (χ3n) is 3.62. The topological polar surface area (TPSA) is 47.6 Å². The van der Waals surface area contributed by atoms with E-state index in [-0.39, 0.29) is 5.97 Å². The van der Waals surface area contributed by atoms with Crippen LogP contribution in [-0.4, -0.2) is 32.8 Å². The Bertz CT molecular complexity index is 455. The zero-order valence-electron chi connectivity index (χ0n) is 11.7. The van der Waals surface area contributed by atoms with E-state index in [0.717, 1.165) is 11.3 Å². The molecule has 0 aliphatic heterocycles. The summed E-state index contributed by atoms with van der Waals surface area (Å²) in [6.45, 7) is 2.62. The summed E-state index contributed by atoms with van der Waals surface area (Å²) in [4.78, 5) is 11.7. The number of ether oxygens (including phenoxy) is 2. The van der Waals surface area contributed by atoms with Gasteiger partial charge in [-0.25, -0.2) is 4.79 Å². The van der Waals surface area contributed by atoms with Crippen LogP contribution in [0.3, 0.4) is 0 Å². The van der Waals surface area contributed by atoms with E-state index in [9.17, 15) is 4.79 Å². The second-order valence-electron chi connectivity index (χ2n) is 5.01. The smallest absolute Gasteiger partial charge is 0.338 e. The predicted octanol–water partition coefficient (Wildman–Crippen LogP) is 2.62. The third kappa shape index (κ3) is 3.26. The lowest BCUT2D eigenvalue weighted by Crippen LogP contribution is -2.27. The fourth-order valence-corrected chi connectivity index (χ4v) is 2.30. The minimum Gasteiger partial charge on any atom is -0.465 e. The number of rotatable bonds is 6. The standard InChI is InChI=1S/C15H21NO3/c1-10-12(15(17)19-3)5-4-6-13(10)16-14(9-18-2)11-7-8-11/h4-6,11,14,16H,7-9H2,1-3H3. The Morgan fingerprint density at radius 1 is 1.42 bits per heavy atom. The third-order valence-corrected chi connectivity index (χ3v) is 3.62. The van der Waals surface area contributed by atoms with Crippen molar-refractivity contribution in [2.24, 2.45) is 5.92 Å². The maximum Gasteiger partial charge on any atom is 0.338 e. The number of carbonyl (C=O) groups is 1. The van der Waals surface area contributed by atoms with Crippen molar-refractivity contribution in [1.82, 2.24) is 0 Å². The predicted molar refractivity (Wildman–Crippen MR) is 74.5 cm³/mol. The largest absolute Gasteiger partial charge is 0.465 e. The molecule has 1 atom stereocenters. The molecule has 0 aromatic heterocycles. The lowest BCUT2D eigenvalue weighted by molar-refractivity contribution is 0.0600. The molecule has 1 aromatic rings. The molecule has 1 N–H and O–H groups in total. The van der Waals surface area contributed by atoms with Gasteiger partial charge in [-0.1, -0.05) is 6.07 Å². The first kappa shape index (κ1) is 13.9. The van der Waals surface area contributed by atoms with Gasteiger partial charge in [0.1, 0.15) is 0 Å². The van der Waals surface area contributed by atoms with Crippen LogP contribution in [0.2, 0.25) is 0 Å². The molecule has 0 amide bonds. The number of benzene rings is 1. The molecule has 2 rings (SSSR count). The molecule has 1 aromatic carbocycles. The second kappa shape index (κ2) is 6.06. The first-order valence-electron chi connectivity index (χ1n) is 6.60. The zero-order valence-corrected chi connectivity index (χ0v) is 11.7. The molecule has 104 valence electrons. The van der Waals surface area contributed by atoms with Crippen LogP contribution in [-0.2, 0) is 9.47 Å².